The van der Waals surface area contributed by atoms with E-state index in [1.807, 2.05) is 43.3 Å². The number of ether oxygens (including phenoxy) is 3. The van der Waals surface area contributed by atoms with Crippen molar-refractivity contribution in [1.82, 2.24) is 9.61 Å². The second-order valence-electron chi connectivity index (χ2n) is 10.4. The van der Waals surface area contributed by atoms with Gasteiger partial charge in [-0.05, 0) is 56.0 Å². The summed E-state index contributed by atoms with van der Waals surface area (Å²) in [6.45, 7) is 6.41. The molecule has 1 aliphatic carbocycles. The predicted octanol–water partition coefficient (Wildman–Crippen LogP) is 7.24. The van der Waals surface area contributed by atoms with Crippen molar-refractivity contribution >= 4 is 23.1 Å². The lowest BCUT2D eigenvalue weighted by Crippen LogP contribution is -2.37. The molecule has 0 N–H and O–H groups in total. The zero-order valence-electron chi connectivity index (χ0n) is 24.0. The fraction of sp³-hybridized carbons (Fsp3) is 0.333. The Bertz CT molecular complexity index is 1670. The highest BCUT2D eigenvalue weighted by molar-refractivity contribution is 6.10. The number of benzene rings is 2. The smallest absolute Gasteiger partial charge is 0.416 e. The lowest BCUT2D eigenvalue weighted by molar-refractivity contribution is -0.137. The Morgan fingerprint density at radius 3 is 2.19 bits per heavy atom. The summed E-state index contributed by atoms with van der Waals surface area (Å²) in [5.41, 5.74) is 4.08. The zero-order chi connectivity index (χ0) is 30.1. The van der Waals surface area contributed by atoms with Crippen LogP contribution in [-0.4, -0.2) is 55.1 Å². The van der Waals surface area contributed by atoms with Gasteiger partial charge in [-0.25, -0.2) is 9.31 Å². The lowest BCUT2D eigenvalue weighted by atomic mass is 9.98. The number of morpholine rings is 1. The monoisotopic (exact) mass is 591 g/mol. The first-order valence-electron chi connectivity index (χ1n) is 14.5. The number of hydrogen-bond acceptors (Lipinski definition) is 6. The van der Waals surface area contributed by atoms with Gasteiger partial charge in [0.25, 0.3) is 0 Å². The Balaban J connectivity index is 1.75. The lowest BCUT2D eigenvalue weighted by Gasteiger charge is -2.28. The first-order valence-corrected chi connectivity index (χ1v) is 14.5. The maximum Gasteiger partial charge on any atom is 0.416 e. The number of fused-ring (bicyclic) bond motifs is 1. The van der Waals surface area contributed by atoms with Crippen molar-refractivity contribution in [2.75, 3.05) is 44.4 Å². The summed E-state index contributed by atoms with van der Waals surface area (Å²) < 4.78 is 59.8. The van der Waals surface area contributed by atoms with Gasteiger partial charge in [0.2, 0.25) is 0 Å². The van der Waals surface area contributed by atoms with Crippen LogP contribution < -0.4 is 4.90 Å². The van der Waals surface area contributed by atoms with Crippen LogP contribution in [0.5, 0.6) is 0 Å². The molecule has 7 nitrogen and oxygen atoms in total. The van der Waals surface area contributed by atoms with Crippen molar-refractivity contribution < 1.29 is 32.2 Å². The van der Waals surface area contributed by atoms with Crippen LogP contribution in [0.3, 0.4) is 0 Å². The summed E-state index contributed by atoms with van der Waals surface area (Å²) in [4.78, 5) is 16.0. The fourth-order valence-corrected chi connectivity index (χ4v) is 5.51. The topological polar surface area (TPSA) is 65.3 Å². The maximum atomic E-state index is 13.9. The average molecular weight is 592 g/mol. The van der Waals surface area contributed by atoms with E-state index in [4.69, 9.17) is 19.3 Å². The molecular formula is C33H32F3N3O4. The van der Waals surface area contributed by atoms with Crippen LogP contribution in [0.4, 0.5) is 19.0 Å². The van der Waals surface area contributed by atoms with E-state index in [9.17, 15) is 18.0 Å². The van der Waals surface area contributed by atoms with Crippen LogP contribution in [0.2, 0.25) is 0 Å². The number of carbonyl (C=O) groups is 1. The summed E-state index contributed by atoms with van der Waals surface area (Å²) in [7, 11) is 0. The van der Waals surface area contributed by atoms with Gasteiger partial charge in [0.05, 0.1) is 54.3 Å². The second kappa shape index (κ2) is 11.8. The van der Waals surface area contributed by atoms with Gasteiger partial charge in [-0.15, -0.1) is 5.10 Å². The minimum atomic E-state index is -4.49. The number of carbonyl (C=O) groups excluding carboxylic acids is 1. The largest absolute Gasteiger partial charge is 0.493 e. The van der Waals surface area contributed by atoms with E-state index in [0.29, 0.717) is 66.8 Å². The number of anilines is 1. The van der Waals surface area contributed by atoms with E-state index in [2.05, 4.69) is 4.90 Å². The SMILES string of the molecule is CCOC(=O)c1c(C(OCC)=C2CC2)c(-c2ccc(C(F)(F)F)cc2)n2nc(N3CCOCC3)cc(-c3ccccc3)c12. The summed E-state index contributed by atoms with van der Waals surface area (Å²) in [6.07, 6.45) is -2.89. The molecule has 0 bridgehead atoms. The molecule has 0 spiro atoms. The molecule has 0 amide bonds. The number of rotatable bonds is 8. The minimum Gasteiger partial charge on any atom is -0.493 e. The van der Waals surface area contributed by atoms with Gasteiger partial charge < -0.3 is 19.1 Å². The summed E-state index contributed by atoms with van der Waals surface area (Å²) in [6, 6.07) is 16.6. The molecule has 6 rings (SSSR count). The van der Waals surface area contributed by atoms with E-state index in [1.54, 1.807) is 11.4 Å². The van der Waals surface area contributed by atoms with Crippen LogP contribution in [0, 0.1) is 0 Å². The Morgan fingerprint density at radius 1 is 0.907 bits per heavy atom. The summed E-state index contributed by atoms with van der Waals surface area (Å²) >= 11 is 0. The van der Waals surface area contributed by atoms with Gasteiger partial charge in [-0.3, -0.25) is 0 Å². The van der Waals surface area contributed by atoms with Crippen LogP contribution in [-0.2, 0) is 20.4 Å². The van der Waals surface area contributed by atoms with E-state index in [-0.39, 0.29) is 12.2 Å². The highest BCUT2D eigenvalue weighted by atomic mass is 19.4. The third-order valence-corrected chi connectivity index (χ3v) is 7.60. The molecule has 3 heterocycles. The van der Waals surface area contributed by atoms with Gasteiger partial charge in [-0.1, -0.05) is 42.5 Å². The van der Waals surface area contributed by atoms with E-state index < -0.39 is 17.7 Å². The van der Waals surface area contributed by atoms with Gasteiger partial charge in [0.1, 0.15) is 11.6 Å². The number of nitrogens with zero attached hydrogens (tertiary/aromatic N) is 3. The quantitative estimate of drug-likeness (QED) is 0.159. The molecule has 0 atom stereocenters. The molecule has 2 aromatic carbocycles. The van der Waals surface area contributed by atoms with Crippen LogP contribution in [0.25, 0.3) is 33.7 Å². The van der Waals surface area contributed by atoms with E-state index >= 15 is 0 Å². The Morgan fingerprint density at radius 2 is 1.58 bits per heavy atom. The standard InChI is InChI=1S/C33H32F3N3O4/c1-3-42-31(23-10-11-23)27-28(32(40)43-4-2)30-25(21-8-6-5-7-9-21)20-26(38-16-18-41-19-17-38)37-39(30)29(27)22-12-14-24(15-13-22)33(34,35)36/h5-9,12-15,20H,3-4,10-11,16-19H2,1-2H3. The molecular weight excluding hydrogens is 559 g/mol. The third kappa shape index (κ3) is 5.59. The highest BCUT2D eigenvalue weighted by Crippen LogP contribution is 2.46. The molecule has 1 saturated heterocycles. The van der Waals surface area contributed by atoms with Crippen LogP contribution in [0.15, 0.2) is 66.2 Å². The van der Waals surface area contributed by atoms with Crippen LogP contribution in [0.1, 0.15) is 48.2 Å². The molecule has 1 saturated carbocycles. The highest BCUT2D eigenvalue weighted by Gasteiger charge is 2.36. The molecule has 224 valence electrons. The zero-order valence-corrected chi connectivity index (χ0v) is 24.0. The van der Waals surface area contributed by atoms with Crippen molar-refractivity contribution in [1.29, 1.82) is 0 Å². The maximum absolute atomic E-state index is 13.9. The predicted molar refractivity (Wildman–Crippen MR) is 158 cm³/mol. The number of allylic oxidation sites excluding steroid dienone is 1. The normalized spacial score (nSPS) is 15.1. The Hall–Kier alpha value is -4.31. The van der Waals surface area contributed by atoms with Crippen molar-refractivity contribution in [2.45, 2.75) is 32.9 Å². The molecule has 1 aliphatic heterocycles. The molecule has 10 heteroatoms. The molecule has 43 heavy (non-hydrogen) atoms. The van der Waals surface area contributed by atoms with Crippen LogP contribution >= 0.6 is 0 Å². The van der Waals surface area contributed by atoms with E-state index in [0.717, 1.165) is 41.7 Å². The molecule has 2 aliphatic rings. The first kappa shape index (κ1) is 28.8. The van der Waals surface area contributed by atoms with E-state index in [1.165, 1.54) is 12.1 Å². The van der Waals surface area contributed by atoms with Gasteiger partial charge in [-0.2, -0.15) is 13.2 Å². The summed E-state index contributed by atoms with van der Waals surface area (Å²) in [5.74, 6) is 0.666. The Kier molecular flexibility index (Phi) is 7.87. The average Bonchev–Trinajstić information content (AvgIpc) is 3.80. The number of esters is 1. The molecule has 2 fully saturated rings. The first-order chi connectivity index (χ1) is 20.8. The van der Waals surface area contributed by atoms with Crippen molar-refractivity contribution in [3.63, 3.8) is 0 Å². The minimum absolute atomic E-state index is 0.145. The number of alkyl halides is 3. The number of hydrogen-bond donors (Lipinski definition) is 0. The third-order valence-electron chi connectivity index (χ3n) is 7.60. The van der Waals surface area contributed by atoms with Crippen molar-refractivity contribution in [2.24, 2.45) is 0 Å². The van der Waals surface area contributed by atoms with Gasteiger partial charge in [0.15, 0.2) is 0 Å². The second-order valence-corrected chi connectivity index (χ2v) is 10.4. The molecule has 4 aromatic rings. The van der Waals surface area contributed by atoms with Crippen molar-refractivity contribution in [3.05, 3.63) is 82.9 Å². The van der Waals surface area contributed by atoms with Gasteiger partial charge in [0, 0.05) is 24.2 Å². The molecule has 0 unspecified atom stereocenters. The fourth-order valence-electron chi connectivity index (χ4n) is 5.51. The van der Waals surface area contributed by atoms with Crippen molar-refractivity contribution in [3.8, 4) is 22.4 Å². The Labute approximate surface area is 247 Å². The number of aromatic nitrogens is 2. The molecule has 0 radical (unpaired) electrons. The summed E-state index contributed by atoms with van der Waals surface area (Å²) in [5, 5.41) is 5.06. The van der Waals surface area contributed by atoms with Gasteiger partial charge >= 0.3 is 12.1 Å². The molecule has 2 aromatic heterocycles. The number of halogens is 3.